The molecule has 0 aliphatic rings. The first-order valence-corrected chi connectivity index (χ1v) is 7.23. The molecule has 2 rings (SSSR count). The van der Waals surface area contributed by atoms with E-state index in [4.69, 9.17) is 5.11 Å². The first kappa shape index (κ1) is 16.9. The molecule has 0 aliphatic carbocycles. The van der Waals surface area contributed by atoms with Crippen LogP contribution in [0.5, 0.6) is 0 Å². The van der Waals surface area contributed by atoms with E-state index >= 15 is 0 Å². The second-order valence-electron chi connectivity index (χ2n) is 4.65. The van der Waals surface area contributed by atoms with E-state index in [-0.39, 0.29) is 5.69 Å². The fourth-order valence-electron chi connectivity index (χ4n) is 1.64. The lowest BCUT2D eigenvalue weighted by molar-refractivity contribution is -0.139. The Balaban J connectivity index is 2.16. The van der Waals surface area contributed by atoms with Crippen molar-refractivity contribution in [1.29, 1.82) is 0 Å². The van der Waals surface area contributed by atoms with Gasteiger partial charge in [-0.05, 0) is 19.1 Å². The van der Waals surface area contributed by atoms with E-state index < -0.39 is 29.7 Å². The molecule has 1 unspecified atom stereocenters. The third-order valence-electron chi connectivity index (χ3n) is 2.91. The second-order valence-corrected chi connectivity index (χ2v) is 5.50. The predicted octanol–water partition coefficient (Wildman–Crippen LogP) is 3.03. The van der Waals surface area contributed by atoms with Gasteiger partial charge in [-0.2, -0.15) is 13.2 Å². The number of alkyl halides is 3. The van der Waals surface area contributed by atoms with Gasteiger partial charge >= 0.3 is 12.1 Å². The number of nitrogens with zero attached hydrogens (tertiary/aromatic N) is 1. The summed E-state index contributed by atoms with van der Waals surface area (Å²) in [7, 11) is 0. The topological polar surface area (TPSA) is 79.3 Å². The Labute approximate surface area is 132 Å². The van der Waals surface area contributed by atoms with Crippen LogP contribution in [0.2, 0.25) is 0 Å². The third-order valence-corrected chi connectivity index (χ3v) is 3.81. The summed E-state index contributed by atoms with van der Waals surface area (Å²) in [5.74, 6) is -1.84. The number of halogens is 3. The highest BCUT2D eigenvalue weighted by molar-refractivity contribution is 7.13. The molecule has 0 aliphatic heterocycles. The first-order chi connectivity index (χ1) is 10.7. The van der Waals surface area contributed by atoms with Crippen molar-refractivity contribution in [3.8, 4) is 10.6 Å². The van der Waals surface area contributed by atoms with Gasteiger partial charge in [0, 0.05) is 10.9 Å². The maximum Gasteiger partial charge on any atom is 0.416 e. The minimum atomic E-state index is -4.42. The predicted molar refractivity (Wildman–Crippen MR) is 77.1 cm³/mol. The maximum atomic E-state index is 12.5. The number of carboxylic acid groups (broad SMARTS) is 1. The van der Waals surface area contributed by atoms with E-state index in [2.05, 4.69) is 10.3 Å². The number of hydrogen-bond donors (Lipinski definition) is 2. The van der Waals surface area contributed by atoms with Crippen molar-refractivity contribution in [2.75, 3.05) is 0 Å². The Morgan fingerprint density at radius 3 is 2.39 bits per heavy atom. The van der Waals surface area contributed by atoms with Crippen LogP contribution in [-0.2, 0) is 11.0 Å². The summed E-state index contributed by atoms with van der Waals surface area (Å²) in [6, 6.07) is 3.33. The molecule has 0 saturated carbocycles. The van der Waals surface area contributed by atoms with E-state index in [9.17, 15) is 22.8 Å². The molecule has 122 valence electrons. The summed E-state index contributed by atoms with van der Waals surface area (Å²) in [4.78, 5) is 26.5. The molecular formula is C14H11F3N2O3S. The van der Waals surface area contributed by atoms with Gasteiger partial charge in [-0.3, -0.25) is 9.59 Å². The van der Waals surface area contributed by atoms with E-state index in [1.807, 2.05) is 0 Å². The Bertz CT molecular complexity index is 726. The van der Waals surface area contributed by atoms with Crippen molar-refractivity contribution in [1.82, 2.24) is 10.3 Å². The molecule has 1 heterocycles. The van der Waals surface area contributed by atoms with E-state index in [0.717, 1.165) is 23.5 Å². The van der Waals surface area contributed by atoms with Crippen LogP contribution < -0.4 is 5.32 Å². The lowest BCUT2D eigenvalue weighted by atomic mass is 10.1. The monoisotopic (exact) mass is 344 g/mol. The highest BCUT2D eigenvalue weighted by atomic mass is 32.1. The van der Waals surface area contributed by atoms with Gasteiger partial charge in [0.25, 0.3) is 5.91 Å². The van der Waals surface area contributed by atoms with Crippen LogP contribution in [0.3, 0.4) is 0 Å². The van der Waals surface area contributed by atoms with Crippen LogP contribution in [0.1, 0.15) is 23.0 Å². The molecule has 2 N–H and O–H groups in total. The van der Waals surface area contributed by atoms with Gasteiger partial charge in [-0.25, -0.2) is 4.98 Å². The molecule has 2 aromatic rings. The Kier molecular flexibility index (Phi) is 4.69. The molecule has 0 radical (unpaired) electrons. The summed E-state index contributed by atoms with van der Waals surface area (Å²) < 4.78 is 37.5. The molecule has 0 bridgehead atoms. The first-order valence-electron chi connectivity index (χ1n) is 6.35. The normalized spacial score (nSPS) is 12.7. The molecule has 5 nitrogen and oxygen atoms in total. The van der Waals surface area contributed by atoms with Crippen molar-refractivity contribution < 1.29 is 27.9 Å². The number of amides is 1. The van der Waals surface area contributed by atoms with Crippen LogP contribution in [0.25, 0.3) is 10.6 Å². The minimum absolute atomic E-state index is 0.0120. The third kappa shape index (κ3) is 4.07. The number of carbonyl (C=O) groups is 2. The molecule has 1 aromatic heterocycles. The average Bonchev–Trinajstić information content (AvgIpc) is 2.96. The quantitative estimate of drug-likeness (QED) is 0.893. The van der Waals surface area contributed by atoms with Gasteiger partial charge in [0.05, 0.1) is 5.56 Å². The number of nitrogens with one attached hydrogen (secondary N) is 1. The summed E-state index contributed by atoms with van der Waals surface area (Å²) >= 11 is 1.08. The number of thiazole rings is 1. The molecule has 9 heteroatoms. The van der Waals surface area contributed by atoms with Gasteiger partial charge in [0.15, 0.2) is 0 Å². The Morgan fingerprint density at radius 1 is 1.26 bits per heavy atom. The Morgan fingerprint density at radius 2 is 1.87 bits per heavy atom. The molecule has 1 amide bonds. The van der Waals surface area contributed by atoms with E-state index in [0.29, 0.717) is 10.6 Å². The number of aliphatic carboxylic acids is 1. The number of rotatable bonds is 4. The molecule has 1 aromatic carbocycles. The molecule has 1 atom stereocenters. The number of carbonyl (C=O) groups excluding carboxylic acids is 1. The maximum absolute atomic E-state index is 12.5. The summed E-state index contributed by atoms with van der Waals surface area (Å²) in [5, 5.41) is 12.8. The van der Waals surface area contributed by atoms with E-state index in [1.54, 1.807) is 0 Å². The molecule has 0 saturated heterocycles. The van der Waals surface area contributed by atoms with Crippen LogP contribution >= 0.6 is 11.3 Å². The lowest BCUT2D eigenvalue weighted by Crippen LogP contribution is -2.38. The molecule has 23 heavy (non-hydrogen) atoms. The number of hydrogen-bond acceptors (Lipinski definition) is 4. The standard InChI is InChI=1S/C14H11F3N2O3S/c1-7(13(21)22)18-11(20)10-6-23-12(19-10)8-2-4-9(5-3-8)14(15,16)17/h2-7H,1H3,(H,18,20)(H,21,22). The van der Waals surface area contributed by atoms with Gasteiger partial charge in [-0.1, -0.05) is 12.1 Å². The van der Waals surface area contributed by atoms with Gasteiger partial charge in [-0.15, -0.1) is 11.3 Å². The zero-order valence-electron chi connectivity index (χ0n) is 11.7. The average molecular weight is 344 g/mol. The minimum Gasteiger partial charge on any atom is -0.480 e. The molecule has 0 spiro atoms. The number of aromatic nitrogens is 1. The number of carboxylic acids is 1. The van der Waals surface area contributed by atoms with Crippen LogP contribution in [0, 0.1) is 0 Å². The fraction of sp³-hybridized carbons (Fsp3) is 0.214. The SMILES string of the molecule is CC(NC(=O)c1csc(-c2ccc(C(F)(F)F)cc2)n1)C(=O)O. The fourth-order valence-corrected chi connectivity index (χ4v) is 2.45. The smallest absolute Gasteiger partial charge is 0.416 e. The zero-order valence-corrected chi connectivity index (χ0v) is 12.5. The van der Waals surface area contributed by atoms with Crippen LogP contribution in [-0.4, -0.2) is 28.0 Å². The molecule has 0 fully saturated rings. The highest BCUT2D eigenvalue weighted by Gasteiger charge is 2.30. The molecular weight excluding hydrogens is 333 g/mol. The number of benzene rings is 1. The summed E-state index contributed by atoms with van der Waals surface area (Å²) in [6.07, 6.45) is -4.42. The van der Waals surface area contributed by atoms with Crippen LogP contribution in [0.4, 0.5) is 13.2 Å². The summed E-state index contributed by atoms with van der Waals surface area (Å²) in [6.45, 7) is 1.31. The van der Waals surface area contributed by atoms with Gasteiger partial charge in [0.2, 0.25) is 0 Å². The summed E-state index contributed by atoms with van der Waals surface area (Å²) in [5.41, 5.74) is -0.322. The van der Waals surface area contributed by atoms with E-state index in [1.165, 1.54) is 24.4 Å². The lowest BCUT2D eigenvalue weighted by Gasteiger charge is -2.07. The largest absolute Gasteiger partial charge is 0.480 e. The zero-order chi connectivity index (χ0) is 17.2. The van der Waals surface area contributed by atoms with Crippen molar-refractivity contribution in [3.63, 3.8) is 0 Å². The highest BCUT2D eigenvalue weighted by Crippen LogP contribution is 2.31. The van der Waals surface area contributed by atoms with Crippen LogP contribution in [0.15, 0.2) is 29.6 Å². The Hall–Kier alpha value is -2.42. The second kappa shape index (κ2) is 6.37. The van der Waals surface area contributed by atoms with Crippen molar-refractivity contribution in [3.05, 3.63) is 40.9 Å². The van der Waals surface area contributed by atoms with Gasteiger partial charge in [0.1, 0.15) is 16.7 Å². The van der Waals surface area contributed by atoms with Crippen molar-refractivity contribution in [2.24, 2.45) is 0 Å². The van der Waals surface area contributed by atoms with Crippen molar-refractivity contribution >= 4 is 23.2 Å². The van der Waals surface area contributed by atoms with Crippen molar-refractivity contribution in [2.45, 2.75) is 19.1 Å². The van der Waals surface area contributed by atoms with Gasteiger partial charge < -0.3 is 10.4 Å².